The number of rotatable bonds is 30. The summed E-state index contributed by atoms with van der Waals surface area (Å²) < 4.78 is 0. The van der Waals surface area contributed by atoms with Crippen LogP contribution in [0.2, 0.25) is 0 Å². The van der Waals surface area contributed by atoms with Gasteiger partial charge in [0.15, 0.2) is 0 Å². The van der Waals surface area contributed by atoms with Gasteiger partial charge in [0.05, 0.1) is 0 Å². The van der Waals surface area contributed by atoms with Crippen LogP contribution in [0.4, 0.5) is 0 Å². The van der Waals surface area contributed by atoms with Crippen molar-refractivity contribution in [3.63, 3.8) is 0 Å². The van der Waals surface area contributed by atoms with Crippen LogP contribution in [0.15, 0.2) is 12.4 Å². The summed E-state index contributed by atoms with van der Waals surface area (Å²) in [4.78, 5) is 5.30. The van der Waals surface area contributed by atoms with E-state index in [1.165, 1.54) is 193 Å². The molecular formula is C36H72N2. The highest BCUT2D eigenvalue weighted by Crippen LogP contribution is 2.23. The molecule has 0 saturated heterocycles. The Balaban J connectivity index is 2.00. The minimum Gasteiger partial charge on any atom is -0.356 e. The van der Waals surface area contributed by atoms with Crippen molar-refractivity contribution in [3.8, 4) is 0 Å². The van der Waals surface area contributed by atoms with E-state index in [9.17, 15) is 0 Å². The second-order valence-electron chi connectivity index (χ2n) is 12.5. The molecule has 1 aliphatic rings. The zero-order chi connectivity index (χ0) is 27.4. The van der Waals surface area contributed by atoms with E-state index in [1.54, 1.807) is 0 Å². The number of unbranched alkanes of at least 4 members (excludes halogenated alkanes) is 24. The van der Waals surface area contributed by atoms with Gasteiger partial charge >= 0.3 is 0 Å². The Labute approximate surface area is 241 Å². The van der Waals surface area contributed by atoms with Crippen LogP contribution in [-0.2, 0) is 0 Å². The number of hydrogen-bond acceptors (Lipinski definition) is 2. The van der Waals surface area contributed by atoms with Crippen molar-refractivity contribution in [2.75, 3.05) is 13.1 Å². The van der Waals surface area contributed by atoms with Crippen molar-refractivity contribution < 1.29 is 0 Å². The minimum absolute atomic E-state index is 0.639. The summed E-state index contributed by atoms with van der Waals surface area (Å²) in [6.45, 7) is 9.42. The molecule has 1 heterocycles. The molecule has 0 fully saturated rings. The molecule has 2 heteroatoms. The Morgan fingerprint density at radius 2 is 0.658 bits per heavy atom. The van der Waals surface area contributed by atoms with Gasteiger partial charge in [0.25, 0.3) is 0 Å². The van der Waals surface area contributed by atoms with E-state index in [0.29, 0.717) is 6.17 Å². The number of hydrogen-bond donors (Lipinski definition) is 0. The monoisotopic (exact) mass is 533 g/mol. The maximum Gasteiger partial charge on any atom is 0.101 e. The van der Waals surface area contributed by atoms with Crippen molar-refractivity contribution in [2.45, 2.75) is 207 Å². The van der Waals surface area contributed by atoms with Crippen LogP contribution in [0, 0.1) is 0 Å². The lowest BCUT2D eigenvalue weighted by Crippen LogP contribution is -2.39. The van der Waals surface area contributed by atoms with Crippen molar-refractivity contribution in [1.82, 2.24) is 9.80 Å². The fourth-order valence-corrected chi connectivity index (χ4v) is 6.25. The topological polar surface area (TPSA) is 6.48 Å². The molecular weight excluding hydrogens is 460 g/mol. The molecule has 0 amide bonds. The predicted octanol–water partition coefficient (Wildman–Crippen LogP) is 12.4. The molecule has 0 bridgehead atoms. The Kier molecular flexibility index (Phi) is 26.0. The fraction of sp³-hybridized carbons (Fsp3) is 0.944. The van der Waals surface area contributed by atoms with E-state index >= 15 is 0 Å². The molecule has 0 spiro atoms. The second-order valence-corrected chi connectivity index (χ2v) is 12.5. The molecule has 0 N–H and O–H groups in total. The lowest BCUT2D eigenvalue weighted by Gasteiger charge is -2.33. The largest absolute Gasteiger partial charge is 0.356 e. The first-order chi connectivity index (χ1) is 18.8. The predicted molar refractivity (Wildman–Crippen MR) is 173 cm³/mol. The van der Waals surface area contributed by atoms with Crippen LogP contribution >= 0.6 is 0 Å². The highest BCUT2D eigenvalue weighted by molar-refractivity contribution is 4.96. The summed E-state index contributed by atoms with van der Waals surface area (Å²) >= 11 is 0. The van der Waals surface area contributed by atoms with Gasteiger partial charge in [-0.3, -0.25) is 0 Å². The van der Waals surface area contributed by atoms with Gasteiger partial charge in [0.2, 0.25) is 0 Å². The summed E-state index contributed by atoms with van der Waals surface area (Å²) in [7, 11) is 0. The van der Waals surface area contributed by atoms with Gasteiger partial charge in [0.1, 0.15) is 6.17 Å². The van der Waals surface area contributed by atoms with Crippen LogP contribution in [0.25, 0.3) is 0 Å². The van der Waals surface area contributed by atoms with Gasteiger partial charge in [-0.15, -0.1) is 0 Å². The molecule has 0 aromatic heterocycles. The van der Waals surface area contributed by atoms with Gasteiger partial charge in [-0.1, -0.05) is 175 Å². The van der Waals surface area contributed by atoms with Crippen molar-refractivity contribution in [3.05, 3.63) is 12.4 Å². The molecule has 2 nitrogen and oxygen atoms in total. The van der Waals surface area contributed by atoms with Crippen LogP contribution < -0.4 is 0 Å². The third-order valence-corrected chi connectivity index (χ3v) is 8.78. The van der Waals surface area contributed by atoms with Crippen LogP contribution in [0.5, 0.6) is 0 Å². The average molecular weight is 533 g/mol. The lowest BCUT2D eigenvalue weighted by molar-refractivity contribution is 0.137. The molecule has 1 atom stereocenters. The normalized spacial score (nSPS) is 15.3. The van der Waals surface area contributed by atoms with Crippen LogP contribution in [0.3, 0.4) is 0 Å². The van der Waals surface area contributed by atoms with E-state index in [4.69, 9.17) is 0 Å². The summed E-state index contributed by atoms with van der Waals surface area (Å²) in [5.41, 5.74) is 0. The molecule has 1 aliphatic heterocycles. The highest BCUT2D eigenvalue weighted by atomic mass is 15.4. The van der Waals surface area contributed by atoms with Crippen LogP contribution in [-0.4, -0.2) is 29.1 Å². The first-order valence-corrected chi connectivity index (χ1v) is 18.0. The van der Waals surface area contributed by atoms with Gasteiger partial charge < -0.3 is 9.80 Å². The van der Waals surface area contributed by atoms with E-state index in [0.717, 1.165) is 0 Å². The van der Waals surface area contributed by atoms with Crippen molar-refractivity contribution >= 4 is 0 Å². The van der Waals surface area contributed by atoms with Gasteiger partial charge in [-0.25, -0.2) is 0 Å². The van der Waals surface area contributed by atoms with Crippen molar-refractivity contribution in [1.29, 1.82) is 0 Å². The molecule has 0 radical (unpaired) electrons. The summed E-state index contributed by atoms with van der Waals surface area (Å²) in [6.07, 6.45) is 45.6. The zero-order valence-corrected chi connectivity index (χ0v) is 26.8. The van der Waals surface area contributed by atoms with Crippen LogP contribution in [0.1, 0.15) is 201 Å². The van der Waals surface area contributed by atoms with E-state index in [1.807, 2.05) is 0 Å². The van der Waals surface area contributed by atoms with Crippen molar-refractivity contribution in [2.24, 2.45) is 0 Å². The molecule has 0 aromatic rings. The third kappa shape index (κ3) is 20.3. The zero-order valence-electron chi connectivity index (χ0n) is 26.8. The first-order valence-electron chi connectivity index (χ1n) is 18.0. The summed E-state index contributed by atoms with van der Waals surface area (Å²) in [6, 6.07) is 0. The molecule has 0 aliphatic carbocycles. The first kappa shape index (κ1) is 35.4. The molecule has 226 valence electrons. The van der Waals surface area contributed by atoms with E-state index in [-0.39, 0.29) is 0 Å². The number of nitrogens with zero attached hydrogens (tertiary/aromatic N) is 2. The second kappa shape index (κ2) is 27.9. The van der Waals surface area contributed by atoms with E-state index < -0.39 is 0 Å². The Hall–Kier alpha value is -0.660. The molecule has 1 unspecified atom stereocenters. The Bertz CT molecular complexity index is 488. The smallest absolute Gasteiger partial charge is 0.101 e. The van der Waals surface area contributed by atoms with Gasteiger partial charge in [-0.2, -0.15) is 0 Å². The molecule has 0 saturated carbocycles. The summed E-state index contributed by atoms with van der Waals surface area (Å²) in [5.74, 6) is 0. The minimum atomic E-state index is 0.639. The standard InChI is InChI=1S/C36H72N2/c1-4-7-9-11-13-15-17-18-19-20-21-23-25-27-29-31-36-37(32-6-3)34-35-38(36)33-30-28-26-24-22-16-14-12-10-8-5-2/h34-36H,4-33H2,1-3H3. The fourth-order valence-electron chi connectivity index (χ4n) is 6.25. The van der Waals surface area contributed by atoms with Gasteiger partial charge in [0, 0.05) is 25.5 Å². The molecule has 0 aromatic carbocycles. The quantitative estimate of drug-likeness (QED) is 0.0848. The highest BCUT2D eigenvalue weighted by Gasteiger charge is 2.24. The molecule has 1 rings (SSSR count). The Morgan fingerprint density at radius 1 is 0.342 bits per heavy atom. The van der Waals surface area contributed by atoms with E-state index in [2.05, 4.69) is 43.0 Å². The maximum absolute atomic E-state index is 2.67. The maximum atomic E-state index is 2.67. The Morgan fingerprint density at radius 3 is 1.03 bits per heavy atom. The lowest BCUT2D eigenvalue weighted by atomic mass is 10.0. The summed E-state index contributed by atoms with van der Waals surface area (Å²) in [5, 5.41) is 0. The molecule has 38 heavy (non-hydrogen) atoms. The average Bonchev–Trinajstić information content (AvgIpc) is 3.30. The SMILES string of the molecule is CCCCCCCCCCCCCCCCCC1N(CCC)C=CN1CCCCCCCCCCCCC. The third-order valence-electron chi connectivity index (χ3n) is 8.78. The van der Waals surface area contributed by atoms with Gasteiger partial charge in [-0.05, 0) is 25.7 Å².